The van der Waals surface area contributed by atoms with Crippen molar-refractivity contribution in [1.29, 1.82) is 0 Å². The van der Waals surface area contributed by atoms with Crippen LogP contribution in [0.1, 0.15) is 50.6 Å². The minimum Gasteiger partial charge on any atom is -0.508 e. The largest absolute Gasteiger partial charge is 0.508 e. The quantitative estimate of drug-likeness (QED) is 0.127. The van der Waals surface area contributed by atoms with Crippen molar-refractivity contribution in [2.24, 2.45) is 0 Å². The van der Waals surface area contributed by atoms with Gasteiger partial charge in [-0.25, -0.2) is 4.98 Å². The summed E-state index contributed by atoms with van der Waals surface area (Å²) in [6.07, 6.45) is 0. The first kappa shape index (κ1) is 26.8. The Hall–Kier alpha value is -4.76. The number of phenols is 1. The normalized spacial score (nSPS) is 16.4. The van der Waals surface area contributed by atoms with Gasteiger partial charge in [-0.1, -0.05) is 53.3 Å². The first-order valence-electron chi connectivity index (χ1n) is 12.5. The molecule has 3 aromatic carbocycles. The number of carbonyl (C=O) groups excluding carboxylic acids is 3. The van der Waals surface area contributed by atoms with Crippen LogP contribution in [-0.2, 0) is 16.2 Å². The van der Waals surface area contributed by atoms with E-state index >= 15 is 0 Å². The van der Waals surface area contributed by atoms with E-state index in [9.17, 15) is 24.6 Å². The average Bonchev–Trinajstić information content (AvgIpc) is 3.44. The molecular weight excluding hydrogens is 528 g/mol. The Bertz CT molecular complexity index is 1650. The molecule has 2 N–H and O–H groups in total. The van der Waals surface area contributed by atoms with Crippen molar-refractivity contribution in [3.8, 4) is 11.5 Å². The predicted octanol–water partition coefficient (Wildman–Crippen LogP) is 5.87. The van der Waals surface area contributed by atoms with Crippen LogP contribution in [0.2, 0.25) is 0 Å². The third kappa shape index (κ3) is 5.11. The van der Waals surface area contributed by atoms with Crippen molar-refractivity contribution in [2.45, 2.75) is 33.4 Å². The molecule has 1 amide bonds. The summed E-state index contributed by atoms with van der Waals surface area (Å²) in [5.41, 5.74) is 3.28. The second-order valence-electron chi connectivity index (χ2n) is 9.53. The minimum absolute atomic E-state index is 0.00547. The molecule has 1 atom stereocenters. The van der Waals surface area contributed by atoms with Gasteiger partial charge in [0.2, 0.25) is 0 Å². The molecule has 0 radical (unpaired) electrons. The molecule has 0 spiro atoms. The van der Waals surface area contributed by atoms with Crippen molar-refractivity contribution in [1.82, 2.24) is 4.98 Å². The highest BCUT2D eigenvalue weighted by atomic mass is 32.1. The Labute approximate surface area is 234 Å². The fourth-order valence-electron chi connectivity index (χ4n) is 4.65. The van der Waals surface area contributed by atoms with E-state index in [1.807, 2.05) is 31.2 Å². The number of rotatable bonds is 7. The maximum absolute atomic E-state index is 13.4. The third-order valence-corrected chi connectivity index (χ3v) is 7.84. The summed E-state index contributed by atoms with van der Waals surface area (Å²) in [4.78, 5) is 44.7. The Balaban J connectivity index is 1.52. The number of Topliss-reactive ketones (excluding diaryl/α,β-unsaturated/α-hetero) is 2. The number of ether oxygens (including phenoxy) is 1. The summed E-state index contributed by atoms with van der Waals surface area (Å²) < 4.78 is 5.87. The number of ketones is 2. The number of benzene rings is 3. The molecule has 1 aromatic heterocycles. The lowest BCUT2D eigenvalue weighted by Gasteiger charge is -2.23. The number of phenolic OH excluding ortho intramolecular Hbond substituents is 1. The molecule has 1 unspecified atom stereocenters. The first-order valence-corrected chi connectivity index (χ1v) is 13.3. The van der Waals surface area contributed by atoms with Gasteiger partial charge in [0.1, 0.15) is 23.9 Å². The third-order valence-electron chi connectivity index (χ3n) is 6.58. The molecule has 9 heteroatoms. The Morgan fingerprint density at radius 3 is 2.35 bits per heavy atom. The van der Waals surface area contributed by atoms with E-state index in [4.69, 9.17) is 4.74 Å². The number of hydrogen-bond acceptors (Lipinski definition) is 8. The zero-order valence-electron chi connectivity index (χ0n) is 22.0. The maximum Gasteiger partial charge on any atom is 0.301 e. The van der Waals surface area contributed by atoms with Gasteiger partial charge in [0.05, 0.1) is 22.2 Å². The standard InChI is InChI=1S/C31H26N2O6S/c1-17-5-4-6-20(15-17)16-39-24-13-9-22(10-14-24)27(36)25-26(21-7-11-23(35)12-8-21)33(30(38)28(25)37)31-32-18(2)29(40-31)19(3)34/h4-15,26,35-36H,16H2,1-3H3/b27-25-. The van der Waals surface area contributed by atoms with Gasteiger partial charge in [0, 0.05) is 12.5 Å². The molecule has 1 fully saturated rings. The number of hydrogen-bond donors (Lipinski definition) is 2. The van der Waals surface area contributed by atoms with Crippen LogP contribution >= 0.6 is 11.3 Å². The number of aromatic nitrogens is 1. The van der Waals surface area contributed by atoms with Crippen molar-refractivity contribution in [3.63, 3.8) is 0 Å². The zero-order valence-corrected chi connectivity index (χ0v) is 22.9. The molecule has 0 bridgehead atoms. The lowest BCUT2D eigenvalue weighted by molar-refractivity contribution is -0.132. The van der Waals surface area contributed by atoms with Crippen molar-refractivity contribution in [2.75, 3.05) is 4.90 Å². The number of aromatic hydroxyl groups is 1. The Morgan fingerprint density at radius 2 is 1.73 bits per heavy atom. The smallest absolute Gasteiger partial charge is 0.301 e. The van der Waals surface area contributed by atoms with Crippen LogP contribution in [0.5, 0.6) is 11.5 Å². The van der Waals surface area contributed by atoms with Gasteiger partial charge in [0.15, 0.2) is 10.9 Å². The van der Waals surface area contributed by atoms with Crippen molar-refractivity contribution >= 4 is 39.7 Å². The number of anilines is 1. The van der Waals surface area contributed by atoms with E-state index in [0.717, 1.165) is 22.5 Å². The van der Waals surface area contributed by atoms with Crippen LogP contribution in [-0.4, -0.2) is 32.7 Å². The highest BCUT2D eigenvalue weighted by Gasteiger charge is 2.48. The van der Waals surface area contributed by atoms with Crippen LogP contribution in [0, 0.1) is 13.8 Å². The molecule has 202 valence electrons. The second kappa shape index (κ2) is 10.8. The van der Waals surface area contributed by atoms with E-state index in [2.05, 4.69) is 4.98 Å². The lowest BCUT2D eigenvalue weighted by atomic mass is 9.95. The predicted molar refractivity (Wildman–Crippen MR) is 152 cm³/mol. The van der Waals surface area contributed by atoms with Gasteiger partial charge in [-0.3, -0.25) is 19.3 Å². The average molecular weight is 555 g/mol. The van der Waals surface area contributed by atoms with Crippen molar-refractivity contribution < 1.29 is 29.3 Å². The number of thiazole rings is 1. The molecular formula is C31H26N2O6S. The molecule has 5 rings (SSSR count). The van der Waals surface area contributed by atoms with E-state index < -0.39 is 17.7 Å². The highest BCUT2D eigenvalue weighted by molar-refractivity contribution is 7.18. The fraction of sp³-hybridized carbons (Fsp3) is 0.161. The van der Waals surface area contributed by atoms with Gasteiger partial charge >= 0.3 is 5.91 Å². The minimum atomic E-state index is -1.02. The van der Waals surface area contributed by atoms with Crippen molar-refractivity contribution in [3.05, 3.63) is 111 Å². The van der Waals surface area contributed by atoms with Gasteiger partial charge in [-0.05, 0) is 61.4 Å². The number of amides is 1. The topological polar surface area (TPSA) is 117 Å². The second-order valence-corrected chi connectivity index (χ2v) is 10.5. The van der Waals surface area contributed by atoms with Gasteiger partial charge in [-0.2, -0.15) is 0 Å². The van der Waals surface area contributed by atoms with E-state index in [1.54, 1.807) is 43.3 Å². The fourth-order valence-corrected chi connectivity index (χ4v) is 5.64. The molecule has 40 heavy (non-hydrogen) atoms. The van der Waals surface area contributed by atoms with E-state index in [-0.39, 0.29) is 28.0 Å². The van der Waals surface area contributed by atoms with Crippen LogP contribution in [0.25, 0.3) is 5.76 Å². The van der Waals surface area contributed by atoms with Crippen LogP contribution < -0.4 is 9.64 Å². The van der Waals surface area contributed by atoms with Gasteiger partial charge in [-0.15, -0.1) is 0 Å². The van der Waals surface area contributed by atoms with Crippen LogP contribution in [0.4, 0.5) is 5.13 Å². The maximum atomic E-state index is 13.4. The Morgan fingerprint density at radius 1 is 1.02 bits per heavy atom. The molecule has 0 aliphatic carbocycles. The van der Waals surface area contributed by atoms with E-state index in [1.165, 1.54) is 24.0 Å². The van der Waals surface area contributed by atoms with Gasteiger partial charge in [0.25, 0.3) is 5.78 Å². The number of aliphatic hydroxyl groups is 1. The summed E-state index contributed by atoms with van der Waals surface area (Å²) >= 11 is 1.01. The molecule has 8 nitrogen and oxygen atoms in total. The molecule has 1 saturated heterocycles. The number of aryl methyl sites for hydroxylation is 2. The first-order chi connectivity index (χ1) is 19.1. The summed E-state index contributed by atoms with van der Waals surface area (Å²) in [6.45, 7) is 5.44. The summed E-state index contributed by atoms with van der Waals surface area (Å²) in [5.74, 6) is -1.74. The summed E-state index contributed by atoms with van der Waals surface area (Å²) in [7, 11) is 0. The number of aliphatic hydroxyl groups excluding tert-OH is 1. The van der Waals surface area contributed by atoms with E-state index in [0.29, 0.717) is 34.1 Å². The molecule has 1 aliphatic rings. The van der Waals surface area contributed by atoms with Gasteiger partial charge < -0.3 is 14.9 Å². The summed E-state index contributed by atoms with van der Waals surface area (Å²) in [5, 5.41) is 21.4. The molecule has 1 aliphatic heterocycles. The molecule has 4 aromatic rings. The lowest BCUT2D eigenvalue weighted by Crippen LogP contribution is -2.29. The molecule has 0 saturated carbocycles. The number of nitrogens with zero attached hydrogens (tertiary/aromatic N) is 2. The summed E-state index contributed by atoms with van der Waals surface area (Å²) in [6, 6.07) is 19.5. The van der Waals surface area contributed by atoms with Crippen LogP contribution in [0.3, 0.4) is 0 Å². The molecule has 2 heterocycles. The SMILES string of the molecule is CC(=O)c1sc(N2C(=O)C(=O)/C(=C(\O)c3ccc(OCc4cccc(C)c4)cc3)C2c2ccc(O)cc2)nc1C. The zero-order chi connectivity index (χ0) is 28.6. The highest BCUT2D eigenvalue weighted by Crippen LogP contribution is 2.44. The monoisotopic (exact) mass is 554 g/mol. The van der Waals surface area contributed by atoms with Crippen LogP contribution in [0.15, 0.2) is 78.4 Å². The Kier molecular flexibility index (Phi) is 7.23. The number of carbonyl (C=O) groups is 3.